The second kappa shape index (κ2) is 7.62. The summed E-state index contributed by atoms with van der Waals surface area (Å²) in [5.74, 6) is -0.346. The van der Waals surface area contributed by atoms with E-state index >= 15 is 0 Å². The molecule has 0 saturated carbocycles. The van der Waals surface area contributed by atoms with Crippen molar-refractivity contribution in [1.82, 2.24) is 9.55 Å². The van der Waals surface area contributed by atoms with Crippen molar-refractivity contribution in [2.45, 2.75) is 11.4 Å². The molecule has 0 unspecified atom stereocenters. The first-order chi connectivity index (χ1) is 14.7. The molecule has 0 atom stereocenters. The van der Waals surface area contributed by atoms with Crippen molar-refractivity contribution in [1.29, 1.82) is 0 Å². The Labute approximate surface area is 177 Å². The van der Waals surface area contributed by atoms with E-state index in [0.717, 1.165) is 6.26 Å². The van der Waals surface area contributed by atoms with Gasteiger partial charge in [0, 0.05) is 31.6 Å². The van der Waals surface area contributed by atoms with Crippen molar-refractivity contribution < 1.29 is 22.3 Å². The van der Waals surface area contributed by atoms with Gasteiger partial charge in [0.1, 0.15) is 11.6 Å². The fourth-order valence-electron chi connectivity index (χ4n) is 3.37. The van der Waals surface area contributed by atoms with E-state index in [-0.39, 0.29) is 52.0 Å². The molecule has 160 valence electrons. The lowest BCUT2D eigenvalue weighted by molar-refractivity contribution is 0.0960. The molecule has 0 fully saturated rings. The molecule has 0 saturated heterocycles. The third kappa shape index (κ3) is 3.81. The van der Waals surface area contributed by atoms with Gasteiger partial charge >= 0.3 is 0 Å². The van der Waals surface area contributed by atoms with Crippen LogP contribution < -0.4 is 15.6 Å². The highest BCUT2D eigenvalue weighted by molar-refractivity contribution is 7.90. The lowest BCUT2D eigenvalue weighted by Gasteiger charge is -2.13. The maximum Gasteiger partial charge on any atom is 0.262 e. The second-order valence-corrected chi connectivity index (χ2v) is 9.14. The molecule has 8 nitrogen and oxygen atoms in total. The van der Waals surface area contributed by atoms with Crippen LogP contribution in [-0.4, -0.2) is 36.6 Å². The Kier molecular flexibility index (Phi) is 5.10. The minimum absolute atomic E-state index is 0.0627. The monoisotopic (exact) mass is 443 g/mol. The van der Waals surface area contributed by atoms with Gasteiger partial charge in [-0.15, -0.1) is 0 Å². The lowest BCUT2D eigenvalue weighted by atomic mass is 10.0. The number of aromatic nitrogens is 2. The Morgan fingerprint density at radius 2 is 1.87 bits per heavy atom. The molecule has 3 aromatic rings. The molecule has 2 heterocycles. The van der Waals surface area contributed by atoms with Crippen LogP contribution >= 0.6 is 0 Å². The highest BCUT2D eigenvalue weighted by Gasteiger charge is 2.27. The number of Topliss-reactive ketones (excluding diaryl/α,β-unsaturated/α-hetero) is 1. The van der Waals surface area contributed by atoms with Gasteiger partial charge < -0.3 is 10.1 Å². The second-order valence-electron chi connectivity index (χ2n) is 7.12. The summed E-state index contributed by atoms with van der Waals surface area (Å²) in [6, 6.07) is 8.57. The molecule has 1 aliphatic rings. The fraction of sp³-hybridized carbons (Fsp3) is 0.190. The molecule has 10 heteroatoms. The van der Waals surface area contributed by atoms with Crippen LogP contribution in [0.4, 0.5) is 10.3 Å². The number of hydrogen-bond acceptors (Lipinski definition) is 7. The fourth-order valence-corrected chi connectivity index (χ4v) is 4.00. The first-order valence-corrected chi connectivity index (χ1v) is 11.1. The minimum Gasteiger partial charge on any atom is -0.485 e. The number of hydrogen-bond donors (Lipinski definition) is 1. The van der Waals surface area contributed by atoms with Crippen molar-refractivity contribution in [3.63, 3.8) is 0 Å². The van der Waals surface area contributed by atoms with Crippen molar-refractivity contribution in [2.24, 2.45) is 7.05 Å². The molecule has 0 aliphatic carbocycles. The summed E-state index contributed by atoms with van der Waals surface area (Å²) < 4.78 is 44.0. The molecule has 1 aromatic heterocycles. The van der Waals surface area contributed by atoms with E-state index in [9.17, 15) is 22.4 Å². The summed E-state index contributed by atoms with van der Waals surface area (Å²) in [5, 5.41) is 2.89. The number of nitrogens with one attached hydrogen (secondary N) is 1. The van der Waals surface area contributed by atoms with Crippen LogP contribution in [0.25, 0.3) is 11.1 Å². The smallest absolute Gasteiger partial charge is 0.262 e. The molecular formula is C21H18FN3O5S. The molecular weight excluding hydrogens is 425 g/mol. The Morgan fingerprint density at radius 1 is 1.16 bits per heavy atom. The van der Waals surface area contributed by atoms with Crippen LogP contribution in [0.15, 0.2) is 52.3 Å². The number of fused-ring (bicyclic) bond motifs is 1. The largest absolute Gasteiger partial charge is 0.485 e. The number of anilines is 1. The highest BCUT2D eigenvalue weighted by Crippen LogP contribution is 2.30. The SMILES string of the molecule is Cn1c(NCc2c(F)ccc3c2C(=O)CO3)ncc(-c2ccc(S(C)(=O)=O)cc2)c1=O. The molecule has 1 N–H and O–H groups in total. The van der Waals surface area contributed by atoms with Crippen LogP contribution in [0.1, 0.15) is 15.9 Å². The van der Waals surface area contributed by atoms with Crippen LogP contribution in [0.2, 0.25) is 0 Å². The normalized spacial score (nSPS) is 13.1. The number of sulfone groups is 1. The van der Waals surface area contributed by atoms with Crippen LogP contribution in [0, 0.1) is 5.82 Å². The summed E-state index contributed by atoms with van der Waals surface area (Å²) >= 11 is 0. The Balaban J connectivity index is 1.62. The Morgan fingerprint density at radius 3 is 2.55 bits per heavy atom. The van der Waals surface area contributed by atoms with E-state index in [1.54, 1.807) is 0 Å². The van der Waals surface area contributed by atoms with E-state index < -0.39 is 15.7 Å². The van der Waals surface area contributed by atoms with Gasteiger partial charge in [-0.3, -0.25) is 14.2 Å². The highest BCUT2D eigenvalue weighted by atomic mass is 32.2. The Hall–Kier alpha value is -3.53. The molecule has 1 aliphatic heterocycles. The topological polar surface area (TPSA) is 107 Å². The van der Waals surface area contributed by atoms with Gasteiger partial charge in [0.2, 0.25) is 11.7 Å². The number of benzene rings is 2. The van der Waals surface area contributed by atoms with Gasteiger partial charge in [0.05, 0.1) is 16.0 Å². The summed E-state index contributed by atoms with van der Waals surface area (Å²) in [7, 11) is -1.84. The zero-order valence-corrected chi connectivity index (χ0v) is 17.5. The molecule has 0 spiro atoms. The van der Waals surface area contributed by atoms with E-state index in [4.69, 9.17) is 4.74 Å². The van der Waals surface area contributed by atoms with E-state index in [1.165, 1.54) is 54.2 Å². The molecule has 2 aromatic carbocycles. The van der Waals surface area contributed by atoms with Crippen LogP contribution in [-0.2, 0) is 23.4 Å². The average Bonchev–Trinajstić information content (AvgIpc) is 3.11. The van der Waals surface area contributed by atoms with Gasteiger partial charge in [-0.25, -0.2) is 17.8 Å². The molecule has 0 amide bonds. The molecule has 0 bridgehead atoms. The summed E-state index contributed by atoms with van der Waals surface area (Å²) in [6.07, 6.45) is 2.47. The quantitative estimate of drug-likeness (QED) is 0.644. The number of carbonyl (C=O) groups is 1. The van der Waals surface area contributed by atoms with Crippen molar-refractivity contribution in [2.75, 3.05) is 18.2 Å². The third-order valence-electron chi connectivity index (χ3n) is 5.04. The van der Waals surface area contributed by atoms with Crippen molar-refractivity contribution in [3.8, 4) is 16.9 Å². The number of ketones is 1. The number of nitrogens with zero attached hydrogens (tertiary/aromatic N) is 2. The zero-order chi connectivity index (χ0) is 22.3. The van der Waals surface area contributed by atoms with Gasteiger partial charge in [-0.05, 0) is 29.8 Å². The van der Waals surface area contributed by atoms with Gasteiger partial charge in [0.15, 0.2) is 16.4 Å². The maximum atomic E-state index is 14.3. The molecule has 4 rings (SSSR count). The predicted molar refractivity (Wildman–Crippen MR) is 112 cm³/mol. The van der Waals surface area contributed by atoms with E-state index in [2.05, 4.69) is 10.3 Å². The minimum atomic E-state index is -3.34. The lowest BCUT2D eigenvalue weighted by Crippen LogP contribution is -2.23. The number of rotatable bonds is 5. The van der Waals surface area contributed by atoms with Gasteiger partial charge in [-0.1, -0.05) is 12.1 Å². The van der Waals surface area contributed by atoms with Gasteiger partial charge in [0.25, 0.3) is 5.56 Å². The number of halogens is 1. The van der Waals surface area contributed by atoms with Crippen LogP contribution in [0.5, 0.6) is 5.75 Å². The maximum absolute atomic E-state index is 14.3. The summed E-state index contributed by atoms with van der Waals surface area (Å²) in [5.41, 5.74) is 0.766. The van der Waals surface area contributed by atoms with Crippen molar-refractivity contribution >= 4 is 21.6 Å². The third-order valence-corrected chi connectivity index (χ3v) is 6.17. The first-order valence-electron chi connectivity index (χ1n) is 9.24. The van der Waals surface area contributed by atoms with E-state index in [0.29, 0.717) is 11.3 Å². The van der Waals surface area contributed by atoms with E-state index in [1.807, 2.05) is 0 Å². The first kappa shape index (κ1) is 20.7. The predicted octanol–water partition coefficient (Wildman–Crippen LogP) is 2.18. The van der Waals surface area contributed by atoms with Crippen LogP contribution in [0.3, 0.4) is 0 Å². The molecule has 31 heavy (non-hydrogen) atoms. The average molecular weight is 443 g/mol. The summed E-state index contributed by atoms with van der Waals surface area (Å²) in [4.78, 5) is 29.2. The number of ether oxygens (including phenoxy) is 1. The summed E-state index contributed by atoms with van der Waals surface area (Å²) in [6.45, 7) is -0.192. The standard InChI is InChI=1S/C21H18FN3O5S/c1-25-20(27)14(12-3-5-13(6-4-12)31(2,28)29)9-23-21(25)24-10-15-16(22)7-8-18-19(15)17(26)11-30-18/h3-9H,10-11H2,1-2H3,(H,23,24). The van der Waals surface area contributed by atoms with Crippen molar-refractivity contribution in [3.05, 3.63) is 69.9 Å². The number of carbonyl (C=O) groups excluding carboxylic acids is 1. The zero-order valence-electron chi connectivity index (χ0n) is 16.7. The Bertz CT molecular complexity index is 1360. The van der Waals surface area contributed by atoms with Gasteiger partial charge in [-0.2, -0.15) is 0 Å². The molecule has 0 radical (unpaired) electrons.